The van der Waals surface area contributed by atoms with Crippen molar-refractivity contribution in [3.8, 4) is 0 Å². The molecular weight excluding hydrogens is 341 g/mol. The van der Waals surface area contributed by atoms with E-state index in [1.807, 2.05) is 0 Å². The molecule has 4 nitrogen and oxygen atoms in total. The molecule has 138 valence electrons. The Hall–Kier alpha value is -1.43. The zero-order chi connectivity index (χ0) is 17.9. The Kier molecular flexibility index (Phi) is 5.77. The zero-order valence-electron chi connectivity index (χ0n) is 14.5. The van der Waals surface area contributed by atoms with E-state index in [0.29, 0.717) is 18.9 Å². The highest BCUT2D eigenvalue weighted by Crippen LogP contribution is 2.32. The number of hydrogen-bond donors (Lipinski definition) is 0. The van der Waals surface area contributed by atoms with Gasteiger partial charge in [-0.05, 0) is 31.2 Å². The first-order chi connectivity index (χ1) is 12.0. The predicted molar refractivity (Wildman–Crippen MR) is 95.3 cm³/mol. The Labute approximate surface area is 149 Å². The fourth-order valence-electron chi connectivity index (χ4n) is 4.05. The molecule has 2 aliphatic rings. The van der Waals surface area contributed by atoms with Crippen molar-refractivity contribution in [2.45, 2.75) is 50.2 Å². The number of benzene rings is 1. The van der Waals surface area contributed by atoms with E-state index in [1.165, 1.54) is 31.4 Å². The first kappa shape index (κ1) is 18.4. The van der Waals surface area contributed by atoms with Gasteiger partial charge in [-0.25, -0.2) is 12.8 Å². The van der Waals surface area contributed by atoms with Gasteiger partial charge in [0.1, 0.15) is 5.82 Å². The summed E-state index contributed by atoms with van der Waals surface area (Å²) in [5, 5.41) is -0.860. The maximum Gasteiger partial charge on any atom is 0.222 e. The van der Waals surface area contributed by atoms with E-state index < -0.39 is 20.9 Å². The van der Waals surface area contributed by atoms with Crippen LogP contribution in [0.25, 0.3) is 0 Å². The second-order valence-electron chi connectivity index (χ2n) is 7.25. The van der Waals surface area contributed by atoms with E-state index in [0.717, 1.165) is 12.8 Å². The largest absolute Gasteiger partial charge is 0.342 e. The molecule has 25 heavy (non-hydrogen) atoms. The Bertz CT molecular complexity index is 713. The minimum atomic E-state index is -3.47. The summed E-state index contributed by atoms with van der Waals surface area (Å²) in [7, 11) is -3.47. The van der Waals surface area contributed by atoms with Crippen LogP contribution >= 0.6 is 0 Å². The van der Waals surface area contributed by atoms with Crippen LogP contribution in [0.15, 0.2) is 24.3 Å². The van der Waals surface area contributed by atoms with Crippen LogP contribution in [-0.4, -0.2) is 38.1 Å². The average Bonchev–Trinajstić information content (AvgIpc) is 2.75. The maximum atomic E-state index is 14.1. The monoisotopic (exact) mass is 367 g/mol. The number of rotatable bonds is 3. The lowest BCUT2D eigenvalue weighted by molar-refractivity contribution is -0.132. The SMILES string of the molecule is O=C(CC1CCCCC1)N1CCC(c2ccccc2F)S(=O)(=O)CC1. The second kappa shape index (κ2) is 7.85. The summed E-state index contributed by atoms with van der Waals surface area (Å²) in [5.74, 6) is -0.0969. The summed E-state index contributed by atoms with van der Waals surface area (Å²) in [6.45, 7) is 0.600. The summed E-state index contributed by atoms with van der Waals surface area (Å²) >= 11 is 0. The molecule has 0 radical (unpaired) electrons. The molecule has 1 amide bonds. The van der Waals surface area contributed by atoms with Crippen LogP contribution in [-0.2, 0) is 14.6 Å². The molecule has 1 unspecified atom stereocenters. The van der Waals surface area contributed by atoms with Gasteiger partial charge in [-0.15, -0.1) is 0 Å². The van der Waals surface area contributed by atoms with Crippen LogP contribution in [0.2, 0.25) is 0 Å². The zero-order valence-corrected chi connectivity index (χ0v) is 15.3. The molecule has 1 aliphatic heterocycles. The van der Waals surface area contributed by atoms with Crippen LogP contribution in [0.5, 0.6) is 0 Å². The summed E-state index contributed by atoms with van der Waals surface area (Å²) in [6.07, 6.45) is 6.58. The van der Waals surface area contributed by atoms with E-state index >= 15 is 0 Å². The van der Waals surface area contributed by atoms with Crippen molar-refractivity contribution < 1.29 is 17.6 Å². The van der Waals surface area contributed by atoms with Gasteiger partial charge >= 0.3 is 0 Å². The molecule has 1 saturated heterocycles. The van der Waals surface area contributed by atoms with E-state index in [9.17, 15) is 17.6 Å². The summed E-state index contributed by atoms with van der Waals surface area (Å²) < 4.78 is 39.3. The molecule has 0 bridgehead atoms. The third kappa shape index (κ3) is 4.40. The lowest BCUT2D eigenvalue weighted by Gasteiger charge is -2.25. The standard InChI is InChI=1S/C19H26FNO3S/c20-17-9-5-4-8-16(17)18-10-11-21(12-13-25(18,23)24)19(22)14-15-6-2-1-3-7-15/h4-5,8-9,15,18H,1-3,6-7,10-14H2. The van der Waals surface area contributed by atoms with Crippen molar-refractivity contribution >= 4 is 15.7 Å². The summed E-state index contributed by atoms with van der Waals surface area (Å²) in [5.41, 5.74) is 0.226. The highest BCUT2D eigenvalue weighted by molar-refractivity contribution is 7.91. The molecule has 1 aromatic rings. The van der Waals surface area contributed by atoms with Gasteiger partial charge in [0, 0.05) is 25.1 Å². The number of carbonyl (C=O) groups is 1. The minimum Gasteiger partial charge on any atom is -0.342 e. The number of nitrogens with zero attached hydrogens (tertiary/aromatic N) is 1. The van der Waals surface area contributed by atoms with Gasteiger partial charge in [0.15, 0.2) is 9.84 Å². The quantitative estimate of drug-likeness (QED) is 0.822. The number of sulfone groups is 1. The van der Waals surface area contributed by atoms with Crippen molar-refractivity contribution in [3.05, 3.63) is 35.6 Å². The van der Waals surface area contributed by atoms with Gasteiger partial charge in [-0.3, -0.25) is 4.79 Å². The Morgan fingerprint density at radius 2 is 1.80 bits per heavy atom. The lowest BCUT2D eigenvalue weighted by atomic mass is 9.86. The van der Waals surface area contributed by atoms with Gasteiger partial charge in [0.25, 0.3) is 0 Å². The number of hydrogen-bond acceptors (Lipinski definition) is 3. The van der Waals surface area contributed by atoms with E-state index in [2.05, 4.69) is 0 Å². The third-order valence-corrected chi connectivity index (χ3v) is 7.64. The average molecular weight is 367 g/mol. The fraction of sp³-hybridized carbons (Fsp3) is 0.632. The molecule has 6 heteroatoms. The fourth-order valence-corrected chi connectivity index (χ4v) is 5.85. The van der Waals surface area contributed by atoms with E-state index in [-0.39, 0.29) is 30.2 Å². The maximum absolute atomic E-state index is 14.1. The number of carbonyl (C=O) groups excluding carboxylic acids is 1. The van der Waals surface area contributed by atoms with Crippen molar-refractivity contribution in [3.63, 3.8) is 0 Å². The van der Waals surface area contributed by atoms with Crippen molar-refractivity contribution in [2.24, 2.45) is 5.92 Å². The highest BCUT2D eigenvalue weighted by Gasteiger charge is 2.34. The first-order valence-corrected chi connectivity index (χ1v) is 10.9. The molecule has 3 rings (SSSR count). The number of halogens is 1. The highest BCUT2D eigenvalue weighted by atomic mass is 32.2. The van der Waals surface area contributed by atoms with E-state index in [1.54, 1.807) is 17.0 Å². The second-order valence-corrected chi connectivity index (χ2v) is 9.56. The van der Waals surface area contributed by atoms with Crippen molar-refractivity contribution in [1.29, 1.82) is 0 Å². The van der Waals surface area contributed by atoms with Crippen LogP contribution in [0, 0.1) is 11.7 Å². The molecule has 1 aromatic carbocycles. The molecule has 1 heterocycles. The summed E-state index contributed by atoms with van der Waals surface area (Å²) in [6, 6.07) is 6.05. The first-order valence-electron chi connectivity index (χ1n) is 9.21. The molecule has 0 spiro atoms. The normalized spacial score (nSPS) is 24.7. The Morgan fingerprint density at radius 1 is 1.08 bits per heavy atom. The van der Waals surface area contributed by atoms with Gasteiger partial charge in [-0.2, -0.15) is 0 Å². The Morgan fingerprint density at radius 3 is 2.52 bits per heavy atom. The van der Waals surface area contributed by atoms with Crippen LogP contribution < -0.4 is 0 Å². The van der Waals surface area contributed by atoms with Gasteiger partial charge in [0.05, 0.1) is 11.0 Å². The molecule has 1 saturated carbocycles. The van der Waals surface area contributed by atoms with Crippen molar-refractivity contribution in [2.75, 3.05) is 18.8 Å². The lowest BCUT2D eigenvalue weighted by Crippen LogP contribution is -2.35. The van der Waals surface area contributed by atoms with Gasteiger partial charge < -0.3 is 4.90 Å². The smallest absolute Gasteiger partial charge is 0.222 e. The van der Waals surface area contributed by atoms with E-state index in [4.69, 9.17) is 0 Å². The van der Waals surface area contributed by atoms with Gasteiger partial charge in [0.2, 0.25) is 5.91 Å². The van der Waals surface area contributed by atoms with Crippen molar-refractivity contribution in [1.82, 2.24) is 4.90 Å². The Balaban J connectivity index is 1.69. The molecule has 1 aliphatic carbocycles. The minimum absolute atomic E-state index is 0.0521. The van der Waals surface area contributed by atoms with Gasteiger partial charge in [-0.1, -0.05) is 37.5 Å². The molecule has 2 fully saturated rings. The predicted octanol–water partition coefficient (Wildman–Crippen LogP) is 3.48. The molecule has 0 N–H and O–H groups in total. The third-order valence-electron chi connectivity index (χ3n) is 5.53. The molecule has 0 aromatic heterocycles. The topological polar surface area (TPSA) is 54.5 Å². The molecular formula is C19H26FNO3S. The van der Waals surface area contributed by atoms with Crippen LogP contribution in [0.4, 0.5) is 4.39 Å². The van der Waals surface area contributed by atoms with Crippen LogP contribution in [0.3, 0.4) is 0 Å². The summed E-state index contributed by atoms with van der Waals surface area (Å²) in [4.78, 5) is 14.3. The number of amides is 1. The van der Waals surface area contributed by atoms with Crippen LogP contribution in [0.1, 0.15) is 55.8 Å². The molecule has 1 atom stereocenters.